The van der Waals surface area contributed by atoms with Gasteiger partial charge in [0.15, 0.2) is 0 Å². The zero-order valence-electron chi connectivity index (χ0n) is 25.7. The number of carbonyl (C=O) groups is 2. The number of aryl methyl sites for hydroxylation is 1. The monoisotopic (exact) mass is 713 g/mol. The van der Waals surface area contributed by atoms with Gasteiger partial charge in [0, 0.05) is 18.2 Å². The summed E-state index contributed by atoms with van der Waals surface area (Å²) in [6.45, 7) is 9.90. The van der Waals surface area contributed by atoms with E-state index in [1.807, 2.05) is 6.07 Å². The predicted octanol–water partition coefficient (Wildman–Crippen LogP) is 4.69. The number of aromatic nitrogens is 2. The Morgan fingerprint density at radius 1 is 1.27 bits per heavy atom. The molecule has 0 saturated carbocycles. The van der Waals surface area contributed by atoms with Gasteiger partial charge in [-0.3, -0.25) is 23.4 Å². The molecule has 14 nitrogen and oxygen atoms in total. The molecule has 45 heavy (non-hydrogen) atoms. The summed E-state index contributed by atoms with van der Waals surface area (Å²) in [5, 5.41) is 2.55. The lowest BCUT2D eigenvalue weighted by Gasteiger charge is -2.28. The van der Waals surface area contributed by atoms with E-state index in [1.165, 1.54) is 17.3 Å². The van der Waals surface area contributed by atoms with Gasteiger partial charge in [-0.25, -0.2) is 18.9 Å². The van der Waals surface area contributed by atoms with Gasteiger partial charge in [0.1, 0.15) is 35.8 Å². The fourth-order valence-electron chi connectivity index (χ4n) is 4.67. The molecule has 1 aromatic carbocycles. The van der Waals surface area contributed by atoms with E-state index in [0.29, 0.717) is 11.3 Å². The Morgan fingerprint density at radius 3 is 2.67 bits per heavy atom. The Bertz CT molecular complexity index is 1610. The first-order chi connectivity index (χ1) is 21.1. The Labute approximate surface area is 268 Å². The van der Waals surface area contributed by atoms with E-state index in [4.69, 9.17) is 27.8 Å². The molecule has 2 aliphatic rings. The summed E-state index contributed by atoms with van der Waals surface area (Å²) in [6, 6.07) is 4.31. The Balaban J connectivity index is 1.57. The molecule has 1 amide bonds. The average Bonchev–Trinajstić information content (AvgIpc) is 3.33. The number of esters is 1. The second-order valence-electron chi connectivity index (χ2n) is 11.9. The molecule has 16 heteroatoms. The summed E-state index contributed by atoms with van der Waals surface area (Å²) in [6.07, 6.45) is -1.21. The molecule has 4 rings (SSSR count). The van der Waals surface area contributed by atoms with Crippen LogP contribution in [0.2, 0.25) is 0 Å². The van der Waals surface area contributed by atoms with Gasteiger partial charge in [-0.1, -0.05) is 48.0 Å². The Kier molecular flexibility index (Phi) is 10.8. The van der Waals surface area contributed by atoms with E-state index in [9.17, 15) is 23.7 Å². The van der Waals surface area contributed by atoms with Gasteiger partial charge in [-0.15, -0.1) is 0 Å². The molecule has 0 bridgehead atoms. The van der Waals surface area contributed by atoms with Gasteiger partial charge in [0.2, 0.25) is 0 Å². The van der Waals surface area contributed by atoms with Gasteiger partial charge in [0.25, 0.3) is 5.56 Å². The fraction of sp³-hybridized carbons (Fsp3) is 0.517. The van der Waals surface area contributed by atoms with Gasteiger partial charge >= 0.3 is 25.6 Å². The summed E-state index contributed by atoms with van der Waals surface area (Å²) in [5.41, 5.74) is -0.553. The highest BCUT2D eigenvalue weighted by molar-refractivity contribution is 9.11. The molecule has 246 valence electrons. The van der Waals surface area contributed by atoms with Crippen molar-refractivity contribution in [3.8, 4) is 5.75 Å². The quantitative estimate of drug-likeness (QED) is 0.273. The van der Waals surface area contributed by atoms with E-state index in [0.717, 1.165) is 10.1 Å². The molecule has 2 aliphatic heterocycles. The van der Waals surface area contributed by atoms with E-state index < -0.39 is 67.8 Å². The zero-order chi connectivity index (χ0) is 33.1. The number of aromatic amines is 1. The van der Waals surface area contributed by atoms with Crippen LogP contribution in [-0.4, -0.2) is 52.1 Å². The third-order valence-corrected chi connectivity index (χ3v) is 8.44. The number of rotatable bonds is 9. The third-order valence-electron chi connectivity index (χ3n) is 6.86. The molecule has 2 N–H and O–H groups in total. The maximum absolute atomic E-state index is 13.4. The zero-order valence-corrected chi connectivity index (χ0v) is 28.2. The van der Waals surface area contributed by atoms with Crippen molar-refractivity contribution < 1.29 is 41.9 Å². The maximum Gasteiger partial charge on any atom is 0.530 e. The van der Waals surface area contributed by atoms with E-state index in [2.05, 4.69) is 26.2 Å². The molecule has 1 fully saturated rings. The average molecular weight is 715 g/mol. The number of nitrogens with one attached hydrogen (secondary N) is 2. The van der Waals surface area contributed by atoms with Crippen LogP contribution in [0.5, 0.6) is 5.75 Å². The number of amides is 1. The standard InChI is InChI=1S/C29H37BrN3O11P/c1-16(2)23(31-28(37)43-29(4,5)6)26(35)42-20-12-22(33-13-18(10-11-30)25(34)32-27(33)36)41-21(20)15-40-45(38)39-14-19-9-7-8-17(3)24(19)44-45/h7-11,13,16,20-23H,12,14-15H2,1-6H3,(H,31,37)(H,32,34,36)/b11-10+/t20-,21+,22+,23-,45?/m0/s1. The molecule has 3 heterocycles. The number of halogens is 1. The molecule has 1 saturated heterocycles. The Hall–Kier alpha value is -3.23. The number of fused-ring (bicyclic) bond motifs is 1. The normalized spacial score (nSPS) is 23.8. The van der Waals surface area contributed by atoms with Crippen molar-refractivity contribution in [2.45, 2.75) is 84.6 Å². The van der Waals surface area contributed by atoms with E-state index in [-0.39, 0.29) is 24.5 Å². The summed E-state index contributed by atoms with van der Waals surface area (Å²) in [5.74, 6) is -0.782. The lowest BCUT2D eigenvalue weighted by Crippen LogP contribution is -2.48. The highest BCUT2D eigenvalue weighted by Crippen LogP contribution is 2.55. The molecule has 0 aliphatic carbocycles. The van der Waals surface area contributed by atoms with Crippen LogP contribution in [0.4, 0.5) is 4.79 Å². The smallest absolute Gasteiger partial charge is 0.458 e. The molecule has 1 unspecified atom stereocenters. The highest BCUT2D eigenvalue weighted by atomic mass is 79.9. The number of phosphoric ester groups is 1. The molecule has 1 aromatic heterocycles. The van der Waals surface area contributed by atoms with Crippen molar-refractivity contribution in [2.75, 3.05) is 6.61 Å². The minimum Gasteiger partial charge on any atom is -0.458 e. The lowest BCUT2D eigenvalue weighted by atomic mass is 10.0. The first kappa shape index (κ1) is 34.6. The number of carbonyl (C=O) groups excluding carboxylic acids is 2. The molecule has 0 spiro atoms. The van der Waals surface area contributed by atoms with Crippen LogP contribution in [0, 0.1) is 12.8 Å². The largest absolute Gasteiger partial charge is 0.530 e. The molecule has 0 radical (unpaired) electrons. The number of hydrogen-bond acceptors (Lipinski definition) is 11. The number of hydrogen-bond donors (Lipinski definition) is 2. The summed E-state index contributed by atoms with van der Waals surface area (Å²) in [4.78, 5) is 54.6. The van der Waals surface area contributed by atoms with Crippen molar-refractivity contribution in [2.24, 2.45) is 5.92 Å². The molecule has 2 aromatic rings. The number of H-pyrrole nitrogens is 1. The second-order valence-corrected chi connectivity index (χ2v) is 14.0. The molecule has 5 atom stereocenters. The number of para-hydroxylation sites is 1. The van der Waals surface area contributed by atoms with Crippen LogP contribution in [0.15, 0.2) is 39.0 Å². The molecular formula is C29H37BrN3O11P. The SMILES string of the molecule is Cc1cccc2c1OP(=O)(OC[C@H]1O[C@@H](n3cc(/C=C/Br)c(=O)[nH]c3=O)C[C@@H]1OC(=O)[C@@H](NC(=O)OC(C)(C)C)C(C)C)OC2. The van der Waals surface area contributed by atoms with Crippen LogP contribution in [0.1, 0.15) is 64.0 Å². The number of phosphoric acid groups is 1. The summed E-state index contributed by atoms with van der Waals surface area (Å²) < 4.78 is 48.5. The Morgan fingerprint density at radius 2 is 2.00 bits per heavy atom. The summed E-state index contributed by atoms with van der Waals surface area (Å²) >= 11 is 3.11. The van der Waals surface area contributed by atoms with Crippen molar-refractivity contribution in [3.05, 3.63) is 66.9 Å². The third kappa shape index (κ3) is 8.73. The molecular weight excluding hydrogens is 677 g/mol. The van der Waals surface area contributed by atoms with Gasteiger partial charge < -0.3 is 24.1 Å². The van der Waals surface area contributed by atoms with Crippen LogP contribution in [0.25, 0.3) is 6.08 Å². The highest BCUT2D eigenvalue weighted by Gasteiger charge is 2.44. The van der Waals surface area contributed by atoms with Crippen LogP contribution >= 0.6 is 23.8 Å². The number of ether oxygens (including phenoxy) is 3. The first-order valence-electron chi connectivity index (χ1n) is 14.2. The van der Waals surface area contributed by atoms with Crippen LogP contribution in [0.3, 0.4) is 0 Å². The van der Waals surface area contributed by atoms with E-state index >= 15 is 0 Å². The van der Waals surface area contributed by atoms with Crippen molar-refractivity contribution >= 4 is 41.9 Å². The van der Waals surface area contributed by atoms with Crippen LogP contribution in [-0.2, 0) is 39.2 Å². The van der Waals surface area contributed by atoms with Gasteiger partial charge in [0.05, 0.1) is 18.8 Å². The van der Waals surface area contributed by atoms with Gasteiger partial charge in [-0.05, 0) is 50.2 Å². The number of alkyl carbamates (subject to hydrolysis) is 1. The number of benzene rings is 1. The topological polar surface area (TPSA) is 173 Å². The number of nitrogens with zero attached hydrogens (tertiary/aromatic N) is 1. The fourth-order valence-corrected chi connectivity index (χ4v) is 6.25. The van der Waals surface area contributed by atoms with E-state index in [1.54, 1.807) is 53.7 Å². The minimum absolute atomic E-state index is 0.0100. The van der Waals surface area contributed by atoms with Crippen molar-refractivity contribution in [1.82, 2.24) is 14.9 Å². The predicted molar refractivity (Wildman–Crippen MR) is 166 cm³/mol. The lowest BCUT2D eigenvalue weighted by molar-refractivity contribution is -0.156. The van der Waals surface area contributed by atoms with Crippen molar-refractivity contribution in [1.29, 1.82) is 0 Å². The summed E-state index contributed by atoms with van der Waals surface area (Å²) in [7, 11) is -4.11. The maximum atomic E-state index is 13.4. The van der Waals surface area contributed by atoms with Crippen molar-refractivity contribution in [3.63, 3.8) is 0 Å². The second kappa shape index (κ2) is 14.0. The first-order valence-corrected chi connectivity index (χ1v) is 16.6. The van der Waals surface area contributed by atoms with Gasteiger partial charge in [-0.2, -0.15) is 0 Å². The van der Waals surface area contributed by atoms with Crippen LogP contribution < -0.4 is 21.1 Å². The minimum atomic E-state index is -4.11.